The summed E-state index contributed by atoms with van der Waals surface area (Å²) in [4.78, 5) is 0. The van der Waals surface area contributed by atoms with Gasteiger partial charge in [0.25, 0.3) is 10.2 Å². The summed E-state index contributed by atoms with van der Waals surface area (Å²) in [5.41, 5.74) is 0. The van der Waals surface area contributed by atoms with Gasteiger partial charge in [0.05, 0.1) is 0 Å². The smallest absolute Gasteiger partial charge is 0.277 e. The Morgan fingerprint density at radius 3 is 2.21 bits per heavy atom. The number of likely N-dealkylation sites (N-methyl/N-ethyl adjacent to an activating group) is 1. The highest BCUT2D eigenvalue weighted by Gasteiger charge is 2.08. The van der Waals surface area contributed by atoms with Gasteiger partial charge in [-0.05, 0) is 20.4 Å². The van der Waals surface area contributed by atoms with Gasteiger partial charge in [-0.2, -0.15) is 13.1 Å². The zero-order valence-corrected chi connectivity index (χ0v) is 10.5. The molecule has 7 heteroatoms. The van der Waals surface area contributed by atoms with Crippen LogP contribution >= 0.6 is 12.4 Å². The third-order valence-corrected chi connectivity index (χ3v) is 2.60. The second-order valence-corrected chi connectivity index (χ2v) is 4.56. The van der Waals surface area contributed by atoms with Crippen molar-refractivity contribution >= 4 is 22.6 Å². The van der Waals surface area contributed by atoms with Gasteiger partial charge >= 0.3 is 0 Å². The van der Waals surface area contributed by atoms with Gasteiger partial charge in [-0.3, -0.25) is 0 Å². The Morgan fingerprint density at radius 1 is 1.21 bits per heavy atom. The van der Waals surface area contributed by atoms with E-state index in [1.165, 1.54) is 0 Å². The first kappa shape index (κ1) is 16.5. The summed E-state index contributed by atoms with van der Waals surface area (Å²) in [5.74, 6) is 0. The molecular weight excluding hydrogens is 226 g/mol. The minimum Gasteiger partial charge on any atom is -0.316 e. The first-order valence-electron chi connectivity index (χ1n) is 4.45. The van der Waals surface area contributed by atoms with Crippen molar-refractivity contribution in [3.8, 4) is 0 Å². The maximum absolute atomic E-state index is 11.2. The number of hydrogen-bond acceptors (Lipinski definition) is 3. The second kappa shape index (κ2) is 8.43. The Bertz CT molecular complexity index is 219. The molecule has 14 heavy (non-hydrogen) atoms. The van der Waals surface area contributed by atoms with Crippen molar-refractivity contribution in [3.63, 3.8) is 0 Å². The maximum atomic E-state index is 11.2. The van der Waals surface area contributed by atoms with Crippen LogP contribution in [0, 0.1) is 0 Å². The van der Waals surface area contributed by atoms with Crippen LogP contribution in [0.15, 0.2) is 0 Å². The van der Waals surface area contributed by atoms with Crippen molar-refractivity contribution in [1.82, 2.24) is 14.8 Å². The molecule has 0 aromatic heterocycles. The van der Waals surface area contributed by atoms with Crippen LogP contribution in [0.5, 0.6) is 0 Å². The summed E-state index contributed by atoms with van der Waals surface area (Å²) in [6.07, 6.45) is 0. The van der Waals surface area contributed by atoms with E-state index in [1.807, 2.05) is 6.92 Å². The lowest BCUT2D eigenvalue weighted by Crippen LogP contribution is -2.42. The van der Waals surface area contributed by atoms with E-state index in [2.05, 4.69) is 14.8 Å². The van der Waals surface area contributed by atoms with Crippen LogP contribution in [0.4, 0.5) is 0 Å². The molecule has 0 saturated carbocycles. The predicted octanol–water partition coefficient (Wildman–Crippen LogP) is -0.150. The fourth-order valence-electron chi connectivity index (χ4n) is 0.803. The molecule has 0 unspecified atom stereocenters. The van der Waals surface area contributed by atoms with Gasteiger partial charge in [0.1, 0.15) is 0 Å². The summed E-state index contributed by atoms with van der Waals surface area (Å²) >= 11 is 0. The van der Waals surface area contributed by atoms with E-state index in [0.717, 1.165) is 6.54 Å². The van der Waals surface area contributed by atoms with E-state index in [-0.39, 0.29) is 18.4 Å². The molecule has 0 heterocycles. The first-order valence-corrected chi connectivity index (χ1v) is 5.94. The Morgan fingerprint density at radius 2 is 1.79 bits per heavy atom. The molecule has 0 atom stereocenters. The van der Waals surface area contributed by atoms with E-state index in [1.54, 1.807) is 13.8 Å². The molecule has 0 fully saturated rings. The average Bonchev–Trinajstić information content (AvgIpc) is 1.95. The van der Waals surface area contributed by atoms with Crippen LogP contribution in [0.2, 0.25) is 0 Å². The summed E-state index contributed by atoms with van der Waals surface area (Å²) in [5, 5.41) is 3.02. The number of hydrogen-bond donors (Lipinski definition) is 3. The number of nitrogens with one attached hydrogen (secondary N) is 3. The third kappa shape index (κ3) is 10.2. The van der Waals surface area contributed by atoms with E-state index in [4.69, 9.17) is 0 Å². The van der Waals surface area contributed by atoms with Crippen molar-refractivity contribution in [3.05, 3.63) is 0 Å². The molecule has 0 aromatic carbocycles. The molecule has 0 aliphatic heterocycles. The minimum atomic E-state index is -3.30. The molecule has 0 radical (unpaired) electrons. The molecule has 3 N–H and O–H groups in total. The van der Waals surface area contributed by atoms with Gasteiger partial charge in [-0.25, -0.2) is 4.72 Å². The highest BCUT2D eigenvalue weighted by Crippen LogP contribution is 1.81. The normalized spacial score (nSPS) is 11.4. The maximum Gasteiger partial charge on any atom is 0.277 e. The third-order valence-electron chi connectivity index (χ3n) is 1.23. The highest BCUT2D eigenvalue weighted by molar-refractivity contribution is 7.87. The molecule has 0 aliphatic carbocycles. The molecular formula is C7H20ClN3O2S. The van der Waals surface area contributed by atoms with Crippen molar-refractivity contribution in [1.29, 1.82) is 0 Å². The summed E-state index contributed by atoms with van der Waals surface area (Å²) in [6, 6.07) is -0.0726. The van der Waals surface area contributed by atoms with Crippen LogP contribution in [0.25, 0.3) is 0 Å². The lowest BCUT2D eigenvalue weighted by Gasteiger charge is -2.10. The molecule has 0 spiro atoms. The van der Waals surface area contributed by atoms with Crippen molar-refractivity contribution in [2.45, 2.75) is 26.8 Å². The Labute approximate surface area is 92.6 Å². The van der Waals surface area contributed by atoms with Crippen LogP contribution in [-0.2, 0) is 10.2 Å². The topological polar surface area (TPSA) is 70.2 Å². The predicted molar refractivity (Wildman–Crippen MR) is 61.0 cm³/mol. The summed E-state index contributed by atoms with van der Waals surface area (Å²) in [7, 11) is -3.30. The first-order chi connectivity index (χ1) is 5.98. The SMILES string of the molecule is CCNCCNS(=O)(=O)NC(C)C.Cl. The quantitative estimate of drug-likeness (QED) is 0.547. The Kier molecular flexibility index (Phi) is 9.96. The second-order valence-electron chi connectivity index (χ2n) is 3.02. The Balaban J connectivity index is 0. The van der Waals surface area contributed by atoms with E-state index in [9.17, 15) is 8.42 Å². The van der Waals surface area contributed by atoms with Gasteiger partial charge in [0.2, 0.25) is 0 Å². The van der Waals surface area contributed by atoms with Crippen LogP contribution < -0.4 is 14.8 Å². The van der Waals surface area contributed by atoms with Gasteiger partial charge in [0, 0.05) is 19.1 Å². The molecule has 5 nitrogen and oxygen atoms in total. The zero-order chi connectivity index (χ0) is 10.3. The lowest BCUT2D eigenvalue weighted by molar-refractivity contribution is 0.552. The fourth-order valence-corrected chi connectivity index (χ4v) is 1.88. The van der Waals surface area contributed by atoms with E-state index < -0.39 is 10.2 Å². The van der Waals surface area contributed by atoms with Crippen LogP contribution in [0.3, 0.4) is 0 Å². The summed E-state index contributed by atoms with van der Waals surface area (Å²) < 4.78 is 27.2. The zero-order valence-electron chi connectivity index (χ0n) is 8.83. The number of halogens is 1. The molecule has 0 rings (SSSR count). The molecule has 0 aromatic rings. The number of rotatable bonds is 7. The average molecular weight is 246 g/mol. The molecule has 0 amide bonds. The molecule has 0 bridgehead atoms. The summed E-state index contributed by atoms with van der Waals surface area (Å²) in [6.45, 7) is 7.44. The van der Waals surface area contributed by atoms with E-state index >= 15 is 0 Å². The van der Waals surface area contributed by atoms with Gasteiger partial charge in [-0.15, -0.1) is 12.4 Å². The van der Waals surface area contributed by atoms with Crippen LogP contribution in [0.1, 0.15) is 20.8 Å². The molecule has 0 saturated heterocycles. The fraction of sp³-hybridized carbons (Fsp3) is 1.00. The molecule has 0 aliphatic rings. The van der Waals surface area contributed by atoms with E-state index in [0.29, 0.717) is 13.1 Å². The monoisotopic (exact) mass is 245 g/mol. The largest absolute Gasteiger partial charge is 0.316 e. The Hall–Kier alpha value is 0.120. The van der Waals surface area contributed by atoms with Gasteiger partial charge in [0.15, 0.2) is 0 Å². The van der Waals surface area contributed by atoms with Crippen molar-refractivity contribution in [2.24, 2.45) is 0 Å². The van der Waals surface area contributed by atoms with Gasteiger partial charge in [-0.1, -0.05) is 6.92 Å². The molecule has 88 valence electrons. The standard InChI is InChI=1S/C7H19N3O2S.ClH/c1-4-8-5-6-9-13(11,12)10-7(2)3;/h7-10H,4-6H2,1-3H3;1H. The minimum absolute atomic E-state index is 0. The highest BCUT2D eigenvalue weighted by atomic mass is 35.5. The van der Waals surface area contributed by atoms with Crippen LogP contribution in [-0.4, -0.2) is 34.1 Å². The lowest BCUT2D eigenvalue weighted by atomic mass is 10.4. The van der Waals surface area contributed by atoms with Gasteiger partial charge < -0.3 is 5.32 Å². The van der Waals surface area contributed by atoms with Crippen molar-refractivity contribution < 1.29 is 8.42 Å². The van der Waals surface area contributed by atoms with Crippen molar-refractivity contribution in [2.75, 3.05) is 19.6 Å².